The highest BCUT2D eigenvalue weighted by molar-refractivity contribution is 4.62. The summed E-state index contributed by atoms with van der Waals surface area (Å²) in [5.41, 5.74) is 0. The molecule has 2 radical (unpaired) electrons. The summed E-state index contributed by atoms with van der Waals surface area (Å²) >= 11 is 0. The van der Waals surface area contributed by atoms with Crippen LogP contribution < -0.4 is 5.90 Å². The lowest BCUT2D eigenvalue weighted by molar-refractivity contribution is 0.147. The van der Waals surface area contributed by atoms with Crippen LogP contribution in [0, 0.1) is 0 Å². The summed E-state index contributed by atoms with van der Waals surface area (Å²) in [5, 5.41) is 0. The maximum Gasteiger partial charge on any atom is 0.0899 e. The smallest absolute Gasteiger partial charge is 0.0899 e. The predicted octanol–water partition coefficient (Wildman–Crippen LogP) is 0.173. The normalized spacial score (nSPS) is 7.40. The fraction of sp³-hybridized carbons (Fsp3) is 0.333. The van der Waals surface area contributed by atoms with E-state index < -0.39 is 0 Å². The summed E-state index contributed by atoms with van der Waals surface area (Å²) in [4.78, 5) is 3.57. The second kappa shape index (κ2) is 3.66. The van der Waals surface area contributed by atoms with Gasteiger partial charge in [-0.3, -0.25) is 4.84 Å². The maximum atomic E-state index is 7.50. The van der Waals surface area contributed by atoms with E-state index in [9.17, 15) is 0 Å². The van der Waals surface area contributed by atoms with Crippen molar-refractivity contribution in [1.82, 2.24) is 5.90 Å². The molecule has 0 aromatic rings. The molecule has 2 heteroatoms. The molecule has 0 fully saturated rings. The molecule has 0 heterocycles. The van der Waals surface area contributed by atoms with E-state index in [1.165, 1.54) is 6.08 Å². The summed E-state index contributed by atoms with van der Waals surface area (Å²) in [6.07, 6.45) is 1.46. The number of hydrogen-bond acceptors (Lipinski definition) is 1. The largest absolute Gasteiger partial charge is 0.259 e. The molecule has 0 aliphatic carbocycles. The summed E-state index contributed by atoms with van der Waals surface area (Å²) in [6.45, 7) is 3.47. The number of rotatable bonds is 2. The van der Waals surface area contributed by atoms with Crippen LogP contribution >= 0.6 is 0 Å². The highest BCUT2D eigenvalue weighted by Crippen LogP contribution is 1.58. The summed E-state index contributed by atoms with van der Waals surface area (Å²) in [6, 6.07) is 0. The van der Waals surface area contributed by atoms with E-state index in [1.807, 2.05) is 0 Å². The van der Waals surface area contributed by atoms with E-state index in [4.69, 9.17) is 5.90 Å². The van der Waals surface area contributed by atoms with Crippen molar-refractivity contribution in [3.63, 3.8) is 0 Å². The lowest BCUT2D eigenvalue weighted by Crippen LogP contribution is -1.81. The van der Waals surface area contributed by atoms with Gasteiger partial charge in [0, 0.05) is 5.90 Å². The molecule has 0 N–H and O–H groups in total. The maximum absolute atomic E-state index is 7.50. The third-order valence-electron chi connectivity index (χ3n) is 0.192. The van der Waals surface area contributed by atoms with Gasteiger partial charge in [-0.25, -0.2) is 0 Å². The molecule has 0 amide bonds. The highest BCUT2D eigenvalue weighted by Gasteiger charge is 1.62. The molecule has 5 heavy (non-hydrogen) atoms. The van der Waals surface area contributed by atoms with E-state index in [0.29, 0.717) is 0 Å². The molecule has 0 aliphatic heterocycles. The first kappa shape index (κ1) is 4.66. The molecule has 0 rings (SSSR count). The second-order valence-electron chi connectivity index (χ2n) is 0.584. The van der Waals surface area contributed by atoms with Crippen molar-refractivity contribution in [1.29, 1.82) is 0 Å². The Balaban J connectivity index is 2.40. The van der Waals surface area contributed by atoms with Crippen molar-refractivity contribution in [2.75, 3.05) is 6.61 Å². The predicted molar refractivity (Wildman–Crippen MR) is 18.3 cm³/mol. The van der Waals surface area contributed by atoms with Gasteiger partial charge < -0.3 is 0 Å². The monoisotopic (exact) mass is 71.0 g/mol. The molecular weight excluding hydrogens is 66.0 g/mol. The third-order valence-corrected chi connectivity index (χ3v) is 0.192. The van der Waals surface area contributed by atoms with Gasteiger partial charge in [-0.05, 0) is 0 Å². The number of hydrogen-bond donors (Lipinski definition) is 0. The van der Waals surface area contributed by atoms with E-state index in [1.54, 1.807) is 0 Å². The third kappa shape index (κ3) is 3.66. The van der Waals surface area contributed by atoms with Crippen LogP contribution in [0.25, 0.3) is 0 Å². The minimum atomic E-state index is 0.208. The van der Waals surface area contributed by atoms with Crippen molar-refractivity contribution in [3.05, 3.63) is 12.7 Å². The Kier molecular flexibility index (Phi) is 3.41. The van der Waals surface area contributed by atoms with E-state index in [2.05, 4.69) is 11.4 Å². The molecule has 0 unspecified atom stereocenters. The molecule has 0 spiro atoms. The fourth-order valence-corrected chi connectivity index (χ4v) is 0.0527. The van der Waals surface area contributed by atoms with Crippen molar-refractivity contribution < 1.29 is 4.84 Å². The van der Waals surface area contributed by atoms with E-state index >= 15 is 0 Å². The van der Waals surface area contributed by atoms with Gasteiger partial charge in [0.2, 0.25) is 0 Å². The van der Waals surface area contributed by atoms with Crippen LogP contribution in [-0.2, 0) is 4.84 Å². The molecule has 28 valence electrons. The molecule has 0 aromatic carbocycles. The van der Waals surface area contributed by atoms with Gasteiger partial charge in [0.25, 0.3) is 0 Å². The van der Waals surface area contributed by atoms with Gasteiger partial charge in [0.15, 0.2) is 0 Å². The Morgan fingerprint density at radius 1 is 2.00 bits per heavy atom. The lowest BCUT2D eigenvalue weighted by atomic mass is 10.7. The molecule has 0 aromatic heterocycles. The average Bonchev–Trinajstić information content (AvgIpc) is 1.41. The molecule has 0 atom stereocenters. The van der Waals surface area contributed by atoms with Gasteiger partial charge >= 0.3 is 0 Å². The van der Waals surface area contributed by atoms with Gasteiger partial charge in [-0.2, -0.15) is 0 Å². The van der Waals surface area contributed by atoms with Crippen molar-refractivity contribution >= 4 is 0 Å². The molecule has 2 nitrogen and oxygen atoms in total. The topological polar surface area (TPSA) is 31.5 Å². The Hall–Kier alpha value is -0.340. The van der Waals surface area contributed by atoms with Gasteiger partial charge in [-0.1, -0.05) is 6.08 Å². The summed E-state index contributed by atoms with van der Waals surface area (Å²) in [5.74, 6) is 7.50. The molecule has 0 saturated carbocycles. The first-order chi connectivity index (χ1) is 2.41. The average molecular weight is 71.1 g/mol. The van der Waals surface area contributed by atoms with Crippen LogP contribution in [0.3, 0.4) is 0 Å². The second-order valence-corrected chi connectivity index (χ2v) is 0.584. The zero-order chi connectivity index (χ0) is 4.12. The molecule has 0 saturated heterocycles. The van der Waals surface area contributed by atoms with Gasteiger partial charge in [0.05, 0.1) is 6.61 Å². The van der Waals surface area contributed by atoms with E-state index in [-0.39, 0.29) is 6.61 Å². The minimum absolute atomic E-state index is 0.208. The molecule has 0 aliphatic rings. The minimum Gasteiger partial charge on any atom is -0.259 e. The zero-order valence-corrected chi connectivity index (χ0v) is 2.85. The Labute approximate surface area is 31.2 Å². The Morgan fingerprint density at radius 3 is 2.60 bits per heavy atom. The fourth-order valence-electron chi connectivity index (χ4n) is 0.0527. The zero-order valence-electron chi connectivity index (χ0n) is 2.85. The lowest BCUT2D eigenvalue weighted by Gasteiger charge is -1.74. The van der Waals surface area contributed by atoms with Crippen LogP contribution in [0.5, 0.6) is 0 Å². The Bertz CT molecular complexity index is 28.1. The van der Waals surface area contributed by atoms with Gasteiger partial charge in [0.1, 0.15) is 0 Å². The van der Waals surface area contributed by atoms with Crippen LogP contribution in [0.2, 0.25) is 0 Å². The Morgan fingerprint density at radius 2 is 2.60 bits per heavy atom. The number of nitrogens with zero attached hydrogens (tertiary/aromatic N) is 1. The standard InChI is InChI=1S/C3H5NO/c1-2-3-5-4/h2H,1,3H2. The van der Waals surface area contributed by atoms with Crippen LogP contribution in [0.4, 0.5) is 0 Å². The van der Waals surface area contributed by atoms with Crippen LogP contribution in [0.15, 0.2) is 12.7 Å². The SMILES string of the molecule is C=CCO[N]. The highest BCUT2D eigenvalue weighted by atomic mass is 16.6. The summed E-state index contributed by atoms with van der Waals surface area (Å²) in [7, 11) is 0. The molecular formula is C3H5NO. The molecule has 0 bridgehead atoms. The van der Waals surface area contributed by atoms with E-state index in [0.717, 1.165) is 0 Å². The first-order valence-electron chi connectivity index (χ1n) is 1.29. The van der Waals surface area contributed by atoms with Crippen molar-refractivity contribution in [3.8, 4) is 0 Å². The van der Waals surface area contributed by atoms with Crippen molar-refractivity contribution in [2.45, 2.75) is 0 Å². The van der Waals surface area contributed by atoms with Crippen LogP contribution in [0.1, 0.15) is 0 Å². The summed E-state index contributed by atoms with van der Waals surface area (Å²) < 4.78 is 0. The van der Waals surface area contributed by atoms with Gasteiger partial charge in [-0.15, -0.1) is 6.58 Å². The quantitative estimate of drug-likeness (QED) is 0.337. The van der Waals surface area contributed by atoms with Crippen molar-refractivity contribution in [2.24, 2.45) is 0 Å². The van der Waals surface area contributed by atoms with Crippen LogP contribution in [-0.4, -0.2) is 6.61 Å². The first-order valence-corrected chi connectivity index (χ1v) is 1.29.